The van der Waals surface area contributed by atoms with E-state index in [2.05, 4.69) is 290 Å². The predicted molar refractivity (Wildman–Crippen MR) is 571 cm³/mol. The molecule has 9 nitrogen and oxygen atoms in total. The SMILES string of the molecule is CC1(C)CCC(C)(C)c2cc(C(=O)C=C(O)c3ccc4c(c3)C(C)(C)CCC4(C)C)ccc21.O=C(C=C(O)c1ccccc1)c1ccccc1.O=C(C=C(O)c1ccccc1)c1ccccc1.[Ir].[Ir].[Ir].[c-]1ccc2c(c1-c1ccc3ccccc3n1)[SiH2]c1ccccc1-2.[c-]1ccc2c(sc3ccccc32)c1-c1nccc2ccccc12.[c-]1ccc2c(sc3ccccc32)c1-c1nccc2ccccc12. The third kappa shape index (κ3) is 22.1. The van der Waals surface area contributed by atoms with Crippen molar-refractivity contribution in [1.29, 1.82) is 0 Å². The van der Waals surface area contributed by atoms with Crippen molar-refractivity contribution in [3.05, 3.63) is 468 Å². The van der Waals surface area contributed by atoms with Crippen LogP contribution >= 0.6 is 22.7 Å². The first-order chi connectivity index (χ1) is 65.9. The van der Waals surface area contributed by atoms with E-state index in [-0.39, 0.29) is 117 Å². The van der Waals surface area contributed by atoms with E-state index in [1.54, 1.807) is 72.8 Å². The van der Waals surface area contributed by atoms with Gasteiger partial charge in [-0.2, -0.15) is 22.7 Å². The molecule has 3 aliphatic rings. The van der Waals surface area contributed by atoms with Gasteiger partial charge in [0.25, 0.3) is 0 Å². The molecule has 15 aromatic carbocycles. The van der Waals surface area contributed by atoms with Crippen molar-refractivity contribution in [3.63, 3.8) is 0 Å². The summed E-state index contributed by atoms with van der Waals surface area (Å²) in [7, 11) is -0.456. The van der Waals surface area contributed by atoms with Gasteiger partial charge in [-0.1, -0.05) is 362 Å². The molecule has 20 aromatic rings. The second kappa shape index (κ2) is 43.9. The molecule has 0 fully saturated rings. The Labute approximate surface area is 863 Å². The van der Waals surface area contributed by atoms with Gasteiger partial charge in [0.2, 0.25) is 0 Å². The van der Waals surface area contributed by atoms with Crippen molar-refractivity contribution in [3.8, 4) is 44.9 Å². The van der Waals surface area contributed by atoms with Crippen LogP contribution in [0.4, 0.5) is 0 Å². The maximum absolute atomic E-state index is 13.2. The van der Waals surface area contributed by atoms with Gasteiger partial charge in [0.1, 0.15) is 17.3 Å². The molecule has 3 radical (unpaired) electrons. The van der Waals surface area contributed by atoms with Crippen molar-refractivity contribution in [2.75, 3.05) is 0 Å². The zero-order chi connectivity index (χ0) is 94.2. The second-order valence-electron chi connectivity index (χ2n) is 37.3. The zero-order valence-corrected chi connectivity index (χ0v) is 88.5. The van der Waals surface area contributed by atoms with Crippen molar-refractivity contribution < 1.29 is 90.0 Å². The standard InChI is InChI=1S/C31H40O2.2C21H12NS.C21H14NSi.2C15H12O2.3Ir/c1-28(2)13-15-30(5,6)24-17-20(9-11-22(24)28)26(32)19-27(33)21-10-12-23-25(18-21)31(7,8)16-14-29(23,3)4;2*1-2-7-15-14(6-1)12-13-22-20(15)18-10-5-9-17-16-8-3-4-11-19(16)23-21(17)18;1-3-10-18-14(6-1)12-13-19(22-18)17-9-5-8-16-15-7-2-4-11-20(15)23-21(16)17;2*16-14(12-7-3-1-4-8-12)11-15(17)13-9-5-2-6-10-13;;;/h9-12,17-19,32H,13-16H2,1-8H3;2*1-9,11-13H;1-8,10-13H,23H2;2*1-11,16H;;;/q;3*-1;;;;;. The van der Waals surface area contributed by atoms with E-state index in [1.807, 2.05) is 120 Å². The van der Waals surface area contributed by atoms with Crippen LogP contribution in [-0.4, -0.2) is 57.1 Å². The Morgan fingerprint density at radius 2 is 0.691 bits per heavy atom. The van der Waals surface area contributed by atoms with Gasteiger partial charge >= 0.3 is 0 Å². The summed E-state index contributed by atoms with van der Waals surface area (Å²) in [5.74, 6) is -0.538. The smallest absolute Gasteiger partial charge is 0.189 e. The molecule has 0 unspecified atom stereocenters. The predicted octanol–water partition coefficient (Wildman–Crippen LogP) is 30.0. The minimum atomic E-state index is -0.456. The molecule has 0 spiro atoms. The molecule has 695 valence electrons. The minimum Gasteiger partial charge on any atom is -0.507 e. The van der Waals surface area contributed by atoms with E-state index in [1.165, 1.54) is 135 Å². The number of carbonyl (C=O) groups is 3. The van der Waals surface area contributed by atoms with Gasteiger partial charge in [-0.15, -0.1) is 76.5 Å². The summed E-state index contributed by atoms with van der Waals surface area (Å²) in [5.41, 5.74) is 19.6. The number of fused-ring (bicyclic) bond motifs is 14. The topological polar surface area (TPSA) is 151 Å². The monoisotopic (exact) mass is 2400 g/mol. The van der Waals surface area contributed by atoms with E-state index in [0.29, 0.717) is 33.4 Å². The van der Waals surface area contributed by atoms with Gasteiger partial charge in [-0.05, 0) is 182 Å². The zero-order valence-electron chi connectivity index (χ0n) is 78.3. The van der Waals surface area contributed by atoms with Crippen LogP contribution in [-0.2, 0) is 82.0 Å². The molecular formula is C124H102Ir3N3O6S2Si-3. The summed E-state index contributed by atoms with van der Waals surface area (Å²) in [5, 5.41) is 44.7. The number of aliphatic hydroxyl groups is 3. The molecule has 0 atom stereocenters. The molecule has 15 heteroatoms. The van der Waals surface area contributed by atoms with Crippen LogP contribution < -0.4 is 10.4 Å². The maximum Gasteiger partial charge on any atom is 0.189 e. The maximum atomic E-state index is 13.2. The van der Waals surface area contributed by atoms with Crippen LogP contribution in [0.5, 0.6) is 0 Å². The molecule has 0 amide bonds. The summed E-state index contributed by atoms with van der Waals surface area (Å²) >= 11 is 3.64. The molecule has 5 aromatic heterocycles. The number of para-hydroxylation sites is 1. The van der Waals surface area contributed by atoms with Gasteiger partial charge < -0.3 is 25.3 Å². The number of hydrogen-bond donors (Lipinski definition) is 3. The average molecular weight is 2400 g/mol. The summed E-state index contributed by atoms with van der Waals surface area (Å²) in [4.78, 5) is 51.0. The Kier molecular flexibility index (Phi) is 31.6. The molecule has 1 aliphatic heterocycles. The molecule has 0 saturated carbocycles. The van der Waals surface area contributed by atoms with Gasteiger partial charge in [0.05, 0.1) is 5.52 Å². The quantitative estimate of drug-likeness (QED) is 0.0357. The summed E-state index contributed by atoms with van der Waals surface area (Å²) in [6, 6.07) is 130. The van der Waals surface area contributed by atoms with Crippen LogP contribution in [0, 0.1) is 18.2 Å². The number of nitrogens with zero attached hydrogens (tertiary/aromatic N) is 3. The number of hydrogen-bond acceptors (Lipinski definition) is 11. The third-order valence-corrected chi connectivity index (χ3v) is 31.0. The average Bonchev–Trinajstić information content (AvgIpc) is 1.75. The van der Waals surface area contributed by atoms with E-state index in [9.17, 15) is 29.7 Å². The van der Waals surface area contributed by atoms with E-state index in [4.69, 9.17) is 4.98 Å². The Balaban J connectivity index is 0.000000127. The molecule has 0 bridgehead atoms. The number of thiophene rings is 2. The Bertz CT molecular complexity index is 7710. The molecule has 6 heterocycles. The summed E-state index contributed by atoms with van der Waals surface area (Å²) in [6.45, 7) is 18.2. The van der Waals surface area contributed by atoms with Crippen molar-refractivity contribution in [2.24, 2.45) is 0 Å². The Morgan fingerprint density at radius 3 is 1.17 bits per heavy atom. The number of aromatic nitrogens is 3. The number of allylic oxidation sites excluding steroid dienone is 3. The van der Waals surface area contributed by atoms with E-state index >= 15 is 0 Å². The van der Waals surface area contributed by atoms with Gasteiger partial charge in [0, 0.05) is 143 Å². The number of benzene rings is 15. The van der Waals surface area contributed by atoms with Gasteiger partial charge in [-0.25, -0.2) is 0 Å². The van der Waals surface area contributed by atoms with Crippen molar-refractivity contribution >= 4 is 150 Å². The minimum absolute atomic E-state index is 0. The molecule has 23 rings (SSSR count). The number of aliphatic hydroxyl groups excluding tert-OH is 3. The number of carbonyl (C=O) groups excluding carboxylic acids is 3. The van der Waals surface area contributed by atoms with Gasteiger partial charge in [-0.3, -0.25) is 19.4 Å². The number of ketones is 3. The van der Waals surface area contributed by atoms with Crippen LogP contribution in [0.3, 0.4) is 0 Å². The van der Waals surface area contributed by atoms with Crippen molar-refractivity contribution in [1.82, 2.24) is 15.0 Å². The molecule has 3 N–H and O–H groups in total. The number of pyridine rings is 3. The molecular weight excluding hydrogens is 2300 g/mol. The van der Waals surface area contributed by atoms with E-state index < -0.39 is 9.52 Å². The largest absolute Gasteiger partial charge is 0.507 e. The molecule has 139 heavy (non-hydrogen) atoms. The van der Waals surface area contributed by atoms with Crippen LogP contribution in [0.1, 0.15) is 151 Å². The van der Waals surface area contributed by atoms with Crippen LogP contribution in [0.25, 0.3) is 135 Å². The van der Waals surface area contributed by atoms with Gasteiger partial charge in [0.15, 0.2) is 17.3 Å². The summed E-state index contributed by atoms with van der Waals surface area (Å²) in [6.07, 6.45) is 12.2. The van der Waals surface area contributed by atoms with Crippen molar-refractivity contribution in [2.45, 2.75) is 103 Å². The first-order valence-electron chi connectivity index (χ1n) is 46.1. The van der Waals surface area contributed by atoms with Crippen LogP contribution in [0.2, 0.25) is 0 Å². The fourth-order valence-corrected chi connectivity index (χ4v) is 23.2. The Morgan fingerprint density at radius 1 is 0.324 bits per heavy atom. The first-order valence-corrected chi connectivity index (χ1v) is 49.1. The Hall–Kier alpha value is -13.2. The second-order valence-corrected chi connectivity index (χ2v) is 41.2. The summed E-state index contributed by atoms with van der Waals surface area (Å²) < 4.78 is 5.14. The third-order valence-electron chi connectivity index (χ3n) is 26.5. The van der Waals surface area contributed by atoms with E-state index in [0.717, 1.165) is 59.4 Å². The van der Waals surface area contributed by atoms with Crippen LogP contribution in [0.15, 0.2) is 395 Å². The fraction of sp³-hybridized carbons (Fsp3) is 0.129. The fourth-order valence-electron chi connectivity index (χ4n) is 18.7. The normalized spacial score (nSPS) is 14.0. The first kappa shape index (κ1) is 100. The molecule has 0 saturated heterocycles. The molecule has 2 aliphatic carbocycles. The number of rotatable bonds is 12.